The van der Waals surface area contributed by atoms with Crippen LogP contribution in [-0.4, -0.2) is 25.1 Å². The highest BCUT2D eigenvalue weighted by molar-refractivity contribution is 6.32. The first-order valence-corrected chi connectivity index (χ1v) is 8.54. The predicted octanol–water partition coefficient (Wildman–Crippen LogP) is 5.49. The zero-order valence-corrected chi connectivity index (χ0v) is 16.2. The first-order chi connectivity index (χ1) is 14.4. The largest absolute Gasteiger partial charge is 0.451 e. The quantitative estimate of drug-likeness (QED) is 0.344. The van der Waals surface area contributed by atoms with E-state index in [-0.39, 0.29) is 10.8 Å². The standard InChI is InChI=1S/C18H13ClF6N2O4/c1-29-16(28)27-31-14-8-10(6-7-13(14)19)15(18(23,24)25)26-30-9-11-4-2-3-5-12(11)17(20,21)22/h2-8H,9H2,1H3,(H,27,28)/b26-15-. The highest BCUT2D eigenvalue weighted by Crippen LogP contribution is 2.33. The maximum absolute atomic E-state index is 13.4. The summed E-state index contributed by atoms with van der Waals surface area (Å²) in [7, 11) is 1.03. The number of hydroxylamine groups is 1. The van der Waals surface area contributed by atoms with Crippen molar-refractivity contribution in [3.63, 3.8) is 0 Å². The Hall–Kier alpha value is -3.15. The van der Waals surface area contributed by atoms with E-state index < -0.39 is 47.5 Å². The first-order valence-electron chi connectivity index (χ1n) is 8.16. The number of alkyl halides is 6. The van der Waals surface area contributed by atoms with Crippen molar-refractivity contribution in [2.75, 3.05) is 7.11 Å². The van der Waals surface area contributed by atoms with E-state index >= 15 is 0 Å². The molecule has 0 heterocycles. The Labute approximate surface area is 176 Å². The van der Waals surface area contributed by atoms with E-state index in [9.17, 15) is 31.1 Å². The van der Waals surface area contributed by atoms with Gasteiger partial charge in [-0.2, -0.15) is 31.8 Å². The van der Waals surface area contributed by atoms with Gasteiger partial charge in [-0.25, -0.2) is 4.79 Å². The Kier molecular flexibility index (Phi) is 7.60. The highest BCUT2D eigenvalue weighted by Gasteiger charge is 2.38. The summed E-state index contributed by atoms with van der Waals surface area (Å²) >= 11 is 5.81. The highest BCUT2D eigenvalue weighted by atomic mass is 35.5. The van der Waals surface area contributed by atoms with Crippen molar-refractivity contribution in [3.8, 4) is 5.75 Å². The van der Waals surface area contributed by atoms with Gasteiger partial charge < -0.3 is 14.4 Å². The van der Waals surface area contributed by atoms with E-state index in [1.165, 1.54) is 6.07 Å². The normalized spacial score (nSPS) is 12.3. The Bertz CT molecular complexity index is 963. The summed E-state index contributed by atoms with van der Waals surface area (Å²) in [4.78, 5) is 20.4. The zero-order valence-electron chi connectivity index (χ0n) is 15.5. The van der Waals surface area contributed by atoms with Crippen LogP contribution in [-0.2, 0) is 22.4 Å². The Morgan fingerprint density at radius 1 is 1.10 bits per heavy atom. The minimum atomic E-state index is -5.04. The van der Waals surface area contributed by atoms with Crippen LogP contribution in [0.3, 0.4) is 0 Å². The molecule has 2 aromatic rings. The van der Waals surface area contributed by atoms with E-state index in [2.05, 4.69) is 14.7 Å². The van der Waals surface area contributed by atoms with E-state index in [1.54, 1.807) is 5.48 Å². The van der Waals surface area contributed by atoms with Gasteiger partial charge in [0.1, 0.15) is 6.61 Å². The number of halogens is 7. The summed E-state index contributed by atoms with van der Waals surface area (Å²) in [6.07, 6.45) is -10.8. The van der Waals surface area contributed by atoms with Crippen LogP contribution in [0.5, 0.6) is 5.75 Å². The minimum Gasteiger partial charge on any atom is -0.451 e. The molecular weight excluding hydrogens is 458 g/mol. The molecule has 0 unspecified atom stereocenters. The molecule has 0 aliphatic carbocycles. The molecule has 168 valence electrons. The monoisotopic (exact) mass is 470 g/mol. The second kappa shape index (κ2) is 9.77. The number of nitrogens with one attached hydrogen (secondary N) is 1. The molecule has 0 aromatic heterocycles. The number of hydrogen-bond donors (Lipinski definition) is 1. The molecule has 31 heavy (non-hydrogen) atoms. The van der Waals surface area contributed by atoms with Gasteiger partial charge in [-0.15, -0.1) is 0 Å². The third-order valence-corrected chi connectivity index (χ3v) is 3.91. The van der Waals surface area contributed by atoms with Gasteiger partial charge in [0.2, 0.25) is 0 Å². The van der Waals surface area contributed by atoms with E-state index in [0.717, 1.165) is 43.5 Å². The van der Waals surface area contributed by atoms with Crippen LogP contribution in [0.15, 0.2) is 47.6 Å². The van der Waals surface area contributed by atoms with Crippen molar-refractivity contribution in [1.29, 1.82) is 0 Å². The molecule has 0 fully saturated rings. The number of ether oxygens (including phenoxy) is 1. The second-order valence-electron chi connectivity index (χ2n) is 5.71. The average molecular weight is 471 g/mol. The lowest BCUT2D eigenvalue weighted by atomic mass is 10.1. The third-order valence-electron chi connectivity index (χ3n) is 3.60. The summed E-state index contributed by atoms with van der Waals surface area (Å²) in [6, 6.07) is 7.01. The second-order valence-corrected chi connectivity index (χ2v) is 6.11. The third kappa shape index (κ3) is 6.67. The van der Waals surface area contributed by atoms with Crippen molar-refractivity contribution < 1.29 is 45.5 Å². The van der Waals surface area contributed by atoms with E-state index in [4.69, 9.17) is 16.4 Å². The van der Waals surface area contributed by atoms with Gasteiger partial charge in [0.05, 0.1) is 17.7 Å². The number of carbonyl (C=O) groups excluding carboxylic acids is 1. The number of benzene rings is 2. The number of rotatable bonds is 6. The van der Waals surface area contributed by atoms with Gasteiger partial charge in [0.15, 0.2) is 11.5 Å². The minimum absolute atomic E-state index is 0.151. The fourth-order valence-electron chi connectivity index (χ4n) is 2.22. The van der Waals surface area contributed by atoms with Crippen LogP contribution in [0.2, 0.25) is 5.02 Å². The average Bonchev–Trinajstić information content (AvgIpc) is 2.69. The summed E-state index contributed by atoms with van der Waals surface area (Å²) < 4.78 is 83.6. The molecule has 0 aliphatic heterocycles. The molecule has 13 heteroatoms. The summed E-state index contributed by atoms with van der Waals surface area (Å²) in [6.45, 7) is -0.865. The Morgan fingerprint density at radius 3 is 2.39 bits per heavy atom. The van der Waals surface area contributed by atoms with Crippen molar-refractivity contribution in [3.05, 3.63) is 64.2 Å². The topological polar surface area (TPSA) is 69.2 Å². The van der Waals surface area contributed by atoms with Crippen molar-refractivity contribution in [1.82, 2.24) is 5.48 Å². The van der Waals surface area contributed by atoms with E-state index in [0.29, 0.717) is 0 Å². The van der Waals surface area contributed by atoms with Gasteiger partial charge in [-0.3, -0.25) is 0 Å². The maximum Gasteiger partial charge on any atom is 0.440 e. The van der Waals surface area contributed by atoms with Gasteiger partial charge in [0.25, 0.3) is 0 Å². The van der Waals surface area contributed by atoms with Gasteiger partial charge in [-0.05, 0) is 18.2 Å². The SMILES string of the molecule is COC(=O)NOc1cc(/C(=N/OCc2ccccc2C(F)(F)F)C(F)(F)F)ccc1Cl. The number of nitrogens with zero attached hydrogens (tertiary/aromatic N) is 1. The summed E-state index contributed by atoms with van der Waals surface area (Å²) in [5, 5.41) is 2.83. The van der Waals surface area contributed by atoms with E-state index in [1.807, 2.05) is 0 Å². The molecule has 0 radical (unpaired) electrons. The Morgan fingerprint density at radius 2 is 1.77 bits per heavy atom. The predicted molar refractivity (Wildman–Crippen MR) is 96.4 cm³/mol. The van der Waals surface area contributed by atoms with Crippen molar-refractivity contribution in [2.24, 2.45) is 5.16 Å². The van der Waals surface area contributed by atoms with Gasteiger partial charge in [0, 0.05) is 11.1 Å². The maximum atomic E-state index is 13.4. The van der Waals surface area contributed by atoms with Crippen LogP contribution in [0.25, 0.3) is 0 Å². The molecule has 0 bridgehead atoms. The van der Waals surface area contributed by atoms with Crippen LogP contribution in [0.4, 0.5) is 31.1 Å². The number of oxime groups is 1. The van der Waals surface area contributed by atoms with Gasteiger partial charge in [-0.1, -0.05) is 41.0 Å². The molecule has 0 aliphatic rings. The molecule has 0 saturated heterocycles. The molecule has 6 nitrogen and oxygen atoms in total. The fourth-order valence-corrected chi connectivity index (χ4v) is 2.38. The molecule has 2 aromatic carbocycles. The summed E-state index contributed by atoms with van der Waals surface area (Å²) in [5.74, 6) is -0.371. The van der Waals surface area contributed by atoms with Crippen molar-refractivity contribution >= 4 is 23.4 Å². The van der Waals surface area contributed by atoms with Crippen molar-refractivity contribution in [2.45, 2.75) is 19.0 Å². The van der Waals surface area contributed by atoms with Crippen LogP contribution in [0.1, 0.15) is 16.7 Å². The number of amides is 1. The number of methoxy groups -OCH3 is 1. The molecule has 0 spiro atoms. The fraction of sp³-hybridized carbons (Fsp3) is 0.222. The molecule has 0 atom stereocenters. The lowest BCUT2D eigenvalue weighted by Gasteiger charge is -2.14. The lowest BCUT2D eigenvalue weighted by molar-refractivity contribution is -0.139. The number of carbonyl (C=O) groups is 1. The summed E-state index contributed by atoms with van der Waals surface area (Å²) in [5.41, 5.74) is -1.83. The molecule has 0 saturated carbocycles. The van der Waals surface area contributed by atoms with Crippen LogP contribution < -0.4 is 10.3 Å². The molecule has 2 rings (SSSR count). The molecule has 1 N–H and O–H groups in total. The molecular formula is C18H13ClF6N2O4. The Balaban J connectivity index is 2.29. The van der Waals surface area contributed by atoms with Gasteiger partial charge >= 0.3 is 18.4 Å². The lowest BCUT2D eigenvalue weighted by Crippen LogP contribution is -2.27. The number of hydrogen-bond acceptors (Lipinski definition) is 5. The van der Waals surface area contributed by atoms with Crippen LogP contribution >= 0.6 is 11.6 Å². The zero-order chi connectivity index (χ0) is 23.2. The van der Waals surface area contributed by atoms with Crippen LogP contribution in [0, 0.1) is 0 Å². The molecule has 1 amide bonds. The smallest absolute Gasteiger partial charge is 0.440 e. The first kappa shape index (κ1) is 24.1.